The van der Waals surface area contributed by atoms with Crippen LogP contribution in [0.4, 0.5) is 0 Å². The van der Waals surface area contributed by atoms with Crippen molar-refractivity contribution in [3.05, 3.63) is 90.0 Å². The number of hydrogen-bond donors (Lipinski definition) is 1. The first kappa shape index (κ1) is 27.6. The Labute approximate surface area is 234 Å². The van der Waals surface area contributed by atoms with Crippen LogP contribution in [-0.4, -0.2) is 61.7 Å². The van der Waals surface area contributed by atoms with Gasteiger partial charge in [0, 0.05) is 29.3 Å². The van der Waals surface area contributed by atoms with Gasteiger partial charge in [-0.25, -0.2) is 8.42 Å². The summed E-state index contributed by atoms with van der Waals surface area (Å²) in [5.41, 5.74) is 2.21. The summed E-state index contributed by atoms with van der Waals surface area (Å²) < 4.78 is 35.0. The van der Waals surface area contributed by atoms with Crippen LogP contribution in [-0.2, 0) is 27.8 Å². The Bertz CT molecular complexity index is 1350. The molecular weight excluding hydrogens is 532 g/mol. The van der Waals surface area contributed by atoms with Crippen molar-refractivity contribution in [3.8, 4) is 11.5 Å². The van der Waals surface area contributed by atoms with Gasteiger partial charge in [0.2, 0.25) is 5.91 Å². The minimum absolute atomic E-state index is 0.0277. The SMILES string of the molecule is COc1ccc(S[C@@H]2C[C@@H](C(=O)N[C@@H]3CCS(=O)(=O)C3)N(Cc3ccc(OCc4ccccc4)cc3)C2)cc1. The first-order valence-electron chi connectivity index (χ1n) is 13.2. The average Bonchev–Trinajstić information content (AvgIpc) is 3.50. The highest BCUT2D eigenvalue weighted by molar-refractivity contribution is 8.00. The number of benzene rings is 3. The summed E-state index contributed by atoms with van der Waals surface area (Å²) in [5, 5.41) is 3.26. The second kappa shape index (κ2) is 12.4. The lowest BCUT2D eigenvalue weighted by Crippen LogP contribution is -2.47. The van der Waals surface area contributed by atoms with Crippen LogP contribution in [0.15, 0.2) is 83.8 Å². The molecule has 0 bridgehead atoms. The number of nitrogens with one attached hydrogen (secondary N) is 1. The fourth-order valence-corrected chi connectivity index (χ4v) is 8.01. The number of sulfone groups is 1. The molecule has 2 fully saturated rings. The lowest BCUT2D eigenvalue weighted by molar-refractivity contribution is -0.126. The van der Waals surface area contributed by atoms with E-state index in [1.165, 1.54) is 0 Å². The molecule has 1 N–H and O–H groups in total. The van der Waals surface area contributed by atoms with Gasteiger partial charge in [0.1, 0.15) is 18.1 Å². The molecule has 0 radical (unpaired) electrons. The summed E-state index contributed by atoms with van der Waals surface area (Å²) in [4.78, 5) is 16.7. The molecular formula is C30H34N2O5S2. The molecule has 0 saturated carbocycles. The zero-order chi connectivity index (χ0) is 27.2. The molecule has 206 valence electrons. The summed E-state index contributed by atoms with van der Waals surface area (Å²) in [5.74, 6) is 1.69. The van der Waals surface area contributed by atoms with Gasteiger partial charge in [0.05, 0.1) is 24.7 Å². The van der Waals surface area contributed by atoms with Gasteiger partial charge in [-0.05, 0) is 60.4 Å². The van der Waals surface area contributed by atoms with Crippen LogP contribution in [0.25, 0.3) is 0 Å². The van der Waals surface area contributed by atoms with Crippen molar-refractivity contribution in [3.63, 3.8) is 0 Å². The monoisotopic (exact) mass is 566 g/mol. The van der Waals surface area contributed by atoms with E-state index in [9.17, 15) is 13.2 Å². The van der Waals surface area contributed by atoms with Crippen molar-refractivity contribution in [2.75, 3.05) is 25.2 Å². The van der Waals surface area contributed by atoms with E-state index in [2.05, 4.69) is 10.2 Å². The molecule has 0 aromatic heterocycles. The predicted octanol–water partition coefficient (Wildman–Crippen LogP) is 4.31. The van der Waals surface area contributed by atoms with Crippen molar-refractivity contribution in [1.82, 2.24) is 10.2 Å². The van der Waals surface area contributed by atoms with Gasteiger partial charge in [-0.1, -0.05) is 42.5 Å². The molecule has 2 saturated heterocycles. The Morgan fingerprint density at radius 2 is 1.69 bits per heavy atom. The summed E-state index contributed by atoms with van der Waals surface area (Å²) in [6.45, 7) is 1.89. The molecule has 0 aliphatic carbocycles. The van der Waals surface area contributed by atoms with Crippen molar-refractivity contribution in [1.29, 1.82) is 0 Å². The van der Waals surface area contributed by atoms with Crippen molar-refractivity contribution in [2.45, 2.75) is 48.2 Å². The molecule has 2 aliphatic heterocycles. The van der Waals surface area contributed by atoms with Gasteiger partial charge in [-0.15, -0.1) is 11.8 Å². The van der Waals surface area contributed by atoms with Crippen molar-refractivity contribution < 1.29 is 22.7 Å². The van der Waals surface area contributed by atoms with Crippen LogP contribution in [0.3, 0.4) is 0 Å². The van der Waals surface area contributed by atoms with E-state index in [0.717, 1.165) is 34.1 Å². The fourth-order valence-electron chi connectivity index (χ4n) is 5.11. The Morgan fingerprint density at radius 3 is 2.36 bits per heavy atom. The summed E-state index contributed by atoms with van der Waals surface area (Å²) in [6, 6.07) is 25.4. The molecule has 3 atom stereocenters. The number of rotatable bonds is 10. The number of likely N-dealkylation sites (tertiary alicyclic amines) is 1. The second-order valence-electron chi connectivity index (χ2n) is 10.1. The normalized spacial score (nSPS) is 22.4. The highest BCUT2D eigenvalue weighted by Gasteiger charge is 2.39. The van der Waals surface area contributed by atoms with Gasteiger partial charge in [0.15, 0.2) is 9.84 Å². The maximum atomic E-state index is 13.4. The van der Waals surface area contributed by atoms with E-state index in [1.54, 1.807) is 18.9 Å². The quantitative estimate of drug-likeness (QED) is 0.391. The largest absolute Gasteiger partial charge is 0.497 e. The van der Waals surface area contributed by atoms with E-state index in [1.807, 2.05) is 78.9 Å². The fraction of sp³-hybridized carbons (Fsp3) is 0.367. The first-order chi connectivity index (χ1) is 18.9. The zero-order valence-corrected chi connectivity index (χ0v) is 23.6. The molecule has 39 heavy (non-hydrogen) atoms. The van der Waals surface area contributed by atoms with E-state index < -0.39 is 9.84 Å². The highest BCUT2D eigenvalue weighted by atomic mass is 32.2. The zero-order valence-electron chi connectivity index (χ0n) is 22.0. The maximum absolute atomic E-state index is 13.4. The smallest absolute Gasteiger partial charge is 0.237 e. The predicted molar refractivity (Wildman–Crippen MR) is 154 cm³/mol. The van der Waals surface area contributed by atoms with Crippen LogP contribution in [0, 0.1) is 0 Å². The van der Waals surface area contributed by atoms with Crippen LogP contribution in [0.5, 0.6) is 11.5 Å². The van der Waals surface area contributed by atoms with Crippen molar-refractivity contribution in [2.24, 2.45) is 0 Å². The van der Waals surface area contributed by atoms with Gasteiger partial charge >= 0.3 is 0 Å². The molecule has 5 rings (SSSR count). The number of thioether (sulfide) groups is 1. The van der Waals surface area contributed by atoms with Crippen molar-refractivity contribution >= 4 is 27.5 Å². The topological polar surface area (TPSA) is 84.9 Å². The minimum Gasteiger partial charge on any atom is -0.497 e. The van der Waals surface area contributed by atoms with Gasteiger partial charge in [0.25, 0.3) is 0 Å². The van der Waals surface area contributed by atoms with Crippen LogP contribution in [0.1, 0.15) is 24.0 Å². The van der Waals surface area contributed by atoms with E-state index in [0.29, 0.717) is 26.0 Å². The third kappa shape index (κ3) is 7.56. The van der Waals surface area contributed by atoms with Gasteiger partial charge < -0.3 is 14.8 Å². The molecule has 0 spiro atoms. The Kier molecular flexibility index (Phi) is 8.79. The summed E-state index contributed by atoms with van der Waals surface area (Å²) >= 11 is 1.76. The number of carbonyl (C=O) groups excluding carboxylic acids is 1. The third-order valence-electron chi connectivity index (χ3n) is 7.17. The molecule has 2 heterocycles. The van der Waals surface area contributed by atoms with Crippen LogP contribution < -0.4 is 14.8 Å². The lowest BCUT2D eigenvalue weighted by Gasteiger charge is -2.25. The molecule has 3 aromatic carbocycles. The average molecular weight is 567 g/mol. The van der Waals surface area contributed by atoms with E-state index in [-0.39, 0.29) is 34.7 Å². The van der Waals surface area contributed by atoms with E-state index in [4.69, 9.17) is 9.47 Å². The van der Waals surface area contributed by atoms with Crippen LogP contribution >= 0.6 is 11.8 Å². The first-order valence-corrected chi connectivity index (χ1v) is 15.9. The standard InChI is InChI=1S/C30H34N2O5S2/c1-36-25-11-13-27(14-12-25)38-28-17-29(30(33)31-24-15-16-39(34,35)21-24)32(19-28)18-22-7-9-26(10-8-22)37-20-23-5-3-2-4-6-23/h2-14,24,28-29H,15-21H2,1H3,(H,31,33)/t24-,28-,29+/m1/s1. The Balaban J connectivity index is 1.24. The number of ether oxygens (including phenoxy) is 2. The molecule has 1 amide bonds. The number of methoxy groups -OCH3 is 1. The highest BCUT2D eigenvalue weighted by Crippen LogP contribution is 2.35. The second-order valence-corrected chi connectivity index (χ2v) is 13.7. The lowest BCUT2D eigenvalue weighted by atomic mass is 10.1. The molecule has 7 nitrogen and oxygen atoms in total. The van der Waals surface area contributed by atoms with Gasteiger partial charge in [-0.3, -0.25) is 9.69 Å². The molecule has 9 heteroatoms. The number of carbonyl (C=O) groups is 1. The van der Waals surface area contributed by atoms with E-state index >= 15 is 0 Å². The maximum Gasteiger partial charge on any atom is 0.237 e. The Hall–Kier alpha value is -3.01. The molecule has 3 aromatic rings. The third-order valence-corrected chi connectivity index (χ3v) is 10.2. The number of hydrogen-bond acceptors (Lipinski definition) is 7. The van der Waals surface area contributed by atoms with Crippen LogP contribution in [0.2, 0.25) is 0 Å². The Morgan fingerprint density at radius 1 is 0.974 bits per heavy atom. The molecule has 0 unspecified atom stereocenters. The van der Waals surface area contributed by atoms with Gasteiger partial charge in [-0.2, -0.15) is 0 Å². The summed E-state index contributed by atoms with van der Waals surface area (Å²) in [7, 11) is -1.41. The molecule has 2 aliphatic rings. The number of nitrogens with zero attached hydrogens (tertiary/aromatic N) is 1. The summed E-state index contributed by atoms with van der Waals surface area (Å²) in [6.07, 6.45) is 1.18. The minimum atomic E-state index is -3.07. The number of amides is 1.